The third kappa shape index (κ3) is 2.96. The van der Waals surface area contributed by atoms with Gasteiger partial charge in [0.2, 0.25) is 10.0 Å². The van der Waals surface area contributed by atoms with Gasteiger partial charge in [-0.25, -0.2) is 8.42 Å². The van der Waals surface area contributed by atoms with Gasteiger partial charge < -0.3 is 5.73 Å². The number of rotatable bonds is 4. The Morgan fingerprint density at radius 3 is 2.50 bits per heavy atom. The highest BCUT2D eigenvalue weighted by molar-refractivity contribution is 7.89. The molecule has 1 fully saturated rings. The van der Waals surface area contributed by atoms with Crippen LogP contribution in [0.4, 0.5) is 0 Å². The summed E-state index contributed by atoms with van der Waals surface area (Å²) in [6, 6.07) is 0. The molecule has 0 amide bonds. The van der Waals surface area contributed by atoms with Crippen LogP contribution in [0.25, 0.3) is 0 Å². The van der Waals surface area contributed by atoms with Gasteiger partial charge in [0.15, 0.2) is 0 Å². The Morgan fingerprint density at radius 2 is 2.00 bits per heavy atom. The highest BCUT2D eigenvalue weighted by atomic mass is 32.2. The summed E-state index contributed by atoms with van der Waals surface area (Å²) < 4.78 is 26.1. The molecule has 16 heavy (non-hydrogen) atoms. The van der Waals surface area contributed by atoms with Gasteiger partial charge in [0.05, 0.1) is 5.75 Å². The molecule has 0 radical (unpaired) electrons. The van der Waals surface area contributed by atoms with Crippen LogP contribution in [0.15, 0.2) is 0 Å². The SMILES string of the molecule is CC(C)CS(=O)(=O)N1CCCCC1(C)CN. The molecule has 1 atom stereocenters. The van der Waals surface area contributed by atoms with Crippen molar-refractivity contribution in [3.05, 3.63) is 0 Å². The van der Waals surface area contributed by atoms with Crippen molar-refractivity contribution in [2.45, 2.75) is 45.6 Å². The lowest BCUT2D eigenvalue weighted by Gasteiger charge is -2.43. The zero-order valence-corrected chi connectivity index (χ0v) is 11.4. The number of nitrogens with zero attached hydrogens (tertiary/aromatic N) is 1. The molecule has 1 heterocycles. The first-order chi connectivity index (χ1) is 7.32. The van der Waals surface area contributed by atoms with Crippen LogP contribution in [0.5, 0.6) is 0 Å². The summed E-state index contributed by atoms with van der Waals surface area (Å²) in [6.07, 6.45) is 2.90. The van der Waals surface area contributed by atoms with Crippen LogP contribution >= 0.6 is 0 Å². The van der Waals surface area contributed by atoms with Crippen LogP contribution in [0.1, 0.15) is 40.0 Å². The van der Waals surface area contributed by atoms with Crippen LogP contribution in [-0.2, 0) is 10.0 Å². The van der Waals surface area contributed by atoms with Gasteiger partial charge in [-0.2, -0.15) is 4.31 Å². The predicted octanol–water partition coefficient (Wildman–Crippen LogP) is 1.18. The first kappa shape index (κ1) is 13.9. The molecule has 0 bridgehead atoms. The Hall–Kier alpha value is -0.130. The third-order valence-corrected chi connectivity index (χ3v) is 5.63. The molecule has 0 aromatic heterocycles. The molecule has 0 aromatic rings. The Kier molecular flexibility index (Phi) is 4.37. The van der Waals surface area contributed by atoms with E-state index in [4.69, 9.17) is 5.73 Å². The minimum atomic E-state index is -3.15. The van der Waals surface area contributed by atoms with Crippen molar-refractivity contribution in [2.75, 3.05) is 18.8 Å². The lowest BCUT2D eigenvalue weighted by atomic mass is 9.91. The molecule has 0 saturated carbocycles. The summed E-state index contributed by atoms with van der Waals surface area (Å²) in [5.41, 5.74) is 5.38. The molecule has 2 N–H and O–H groups in total. The quantitative estimate of drug-likeness (QED) is 0.812. The predicted molar refractivity (Wildman–Crippen MR) is 66.6 cm³/mol. The fourth-order valence-electron chi connectivity index (χ4n) is 2.35. The van der Waals surface area contributed by atoms with Crippen molar-refractivity contribution in [2.24, 2.45) is 11.7 Å². The maximum absolute atomic E-state index is 12.2. The molecule has 1 unspecified atom stereocenters. The van der Waals surface area contributed by atoms with E-state index in [1.54, 1.807) is 4.31 Å². The molecule has 1 aliphatic rings. The summed E-state index contributed by atoms with van der Waals surface area (Å²) in [5, 5.41) is 0. The van der Waals surface area contributed by atoms with E-state index in [0.29, 0.717) is 13.1 Å². The van der Waals surface area contributed by atoms with Crippen LogP contribution in [0, 0.1) is 5.92 Å². The first-order valence-electron chi connectivity index (χ1n) is 6.02. The molecule has 0 aromatic carbocycles. The van der Waals surface area contributed by atoms with Crippen LogP contribution in [0.3, 0.4) is 0 Å². The van der Waals surface area contributed by atoms with Gasteiger partial charge in [0.25, 0.3) is 0 Å². The second-order valence-electron chi connectivity index (χ2n) is 5.40. The van der Waals surface area contributed by atoms with Crippen LogP contribution < -0.4 is 5.73 Å². The molecular weight excluding hydrogens is 224 g/mol. The zero-order valence-electron chi connectivity index (χ0n) is 10.6. The summed E-state index contributed by atoms with van der Waals surface area (Å²) in [4.78, 5) is 0. The highest BCUT2D eigenvalue weighted by Gasteiger charge is 2.40. The molecular formula is C11H24N2O2S. The molecule has 96 valence electrons. The third-order valence-electron chi connectivity index (χ3n) is 3.25. The van der Waals surface area contributed by atoms with Crippen molar-refractivity contribution < 1.29 is 8.42 Å². The molecule has 5 heteroatoms. The summed E-state index contributed by atoms with van der Waals surface area (Å²) in [7, 11) is -3.15. The normalized spacial score (nSPS) is 28.6. The molecule has 4 nitrogen and oxygen atoms in total. The van der Waals surface area contributed by atoms with Crippen molar-refractivity contribution in [1.82, 2.24) is 4.31 Å². The number of hydrogen-bond donors (Lipinski definition) is 1. The van der Waals surface area contributed by atoms with Gasteiger partial charge in [0.1, 0.15) is 0 Å². The number of piperidine rings is 1. The van der Waals surface area contributed by atoms with Crippen LogP contribution in [-0.4, -0.2) is 37.1 Å². The van der Waals surface area contributed by atoms with E-state index in [0.717, 1.165) is 19.3 Å². The Bertz CT molecular complexity index is 327. The lowest BCUT2D eigenvalue weighted by molar-refractivity contribution is 0.157. The van der Waals surface area contributed by atoms with E-state index < -0.39 is 10.0 Å². The van der Waals surface area contributed by atoms with Gasteiger partial charge in [0, 0.05) is 18.6 Å². The van der Waals surface area contributed by atoms with Gasteiger partial charge >= 0.3 is 0 Å². The largest absolute Gasteiger partial charge is 0.329 e. The average molecular weight is 248 g/mol. The van der Waals surface area contributed by atoms with Crippen molar-refractivity contribution in [3.63, 3.8) is 0 Å². The van der Waals surface area contributed by atoms with E-state index in [1.165, 1.54) is 0 Å². The Balaban J connectivity index is 2.91. The standard InChI is InChI=1S/C11H24N2O2S/c1-10(2)8-16(14,15)13-7-5-4-6-11(13,3)9-12/h10H,4-9,12H2,1-3H3. The smallest absolute Gasteiger partial charge is 0.214 e. The first-order valence-corrected chi connectivity index (χ1v) is 7.63. The molecule has 1 saturated heterocycles. The molecule has 0 aliphatic carbocycles. The zero-order chi connectivity index (χ0) is 12.4. The molecule has 1 rings (SSSR count). The monoisotopic (exact) mass is 248 g/mol. The van der Waals surface area contributed by atoms with Crippen molar-refractivity contribution in [1.29, 1.82) is 0 Å². The van der Waals surface area contributed by atoms with E-state index in [2.05, 4.69) is 0 Å². The Labute approximate surface area is 99.2 Å². The topological polar surface area (TPSA) is 63.4 Å². The molecule has 1 aliphatic heterocycles. The lowest BCUT2D eigenvalue weighted by Crippen LogP contribution is -2.57. The van der Waals surface area contributed by atoms with E-state index >= 15 is 0 Å². The van der Waals surface area contributed by atoms with Crippen LogP contribution in [0.2, 0.25) is 0 Å². The summed E-state index contributed by atoms with van der Waals surface area (Å²) in [5.74, 6) is 0.386. The highest BCUT2D eigenvalue weighted by Crippen LogP contribution is 2.30. The van der Waals surface area contributed by atoms with Gasteiger partial charge in [-0.3, -0.25) is 0 Å². The number of hydrogen-bond acceptors (Lipinski definition) is 3. The maximum atomic E-state index is 12.2. The van der Waals surface area contributed by atoms with Gasteiger partial charge in [-0.15, -0.1) is 0 Å². The second kappa shape index (κ2) is 5.02. The minimum absolute atomic E-state index is 0.161. The second-order valence-corrected chi connectivity index (χ2v) is 7.34. The fourth-order valence-corrected chi connectivity index (χ4v) is 4.61. The number of nitrogens with two attached hydrogens (primary N) is 1. The fraction of sp³-hybridized carbons (Fsp3) is 1.00. The van der Waals surface area contributed by atoms with E-state index in [-0.39, 0.29) is 17.2 Å². The van der Waals surface area contributed by atoms with E-state index in [1.807, 2.05) is 20.8 Å². The Morgan fingerprint density at radius 1 is 1.38 bits per heavy atom. The summed E-state index contributed by atoms with van der Waals surface area (Å²) in [6.45, 7) is 6.86. The van der Waals surface area contributed by atoms with Gasteiger partial charge in [-0.05, 0) is 25.7 Å². The minimum Gasteiger partial charge on any atom is -0.329 e. The number of sulfonamides is 1. The van der Waals surface area contributed by atoms with E-state index in [9.17, 15) is 8.42 Å². The molecule has 0 spiro atoms. The van der Waals surface area contributed by atoms with Gasteiger partial charge in [-0.1, -0.05) is 20.3 Å². The van der Waals surface area contributed by atoms with Crippen molar-refractivity contribution >= 4 is 10.0 Å². The summed E-state index contributed by atoms with van der Waals surface area (Å²) >= 11 is 0. The van der Waals surface area contributed by atoms with Crippen molar-refractivity contribution in [3.8, 4) is 0 Å². The maximum Gasteiger partial charge on any atom is 0.214 e. The average Bonchev–Trinajstić information content (AvgIpc) is 2.16.